The molecule has 1 aliphatic rings. The zero-order valence-corrected chi connectivity index (χ0v) is 17.0. The van der Waals surface area contributed by atoms with Gasteiger partial charge in [-0.25, -0.2) is 4.39 Å². The summed E-state index contributed by atoms with van der Waals surface area (Å²) in [5.74, 6) is -0.272. The highest BCUT2D eigenvalue weighted by molar-refractivity contribution is 7.16. The third-order valence-electron chi connectivity index (χ3n) is 4.77. The van der Waals surface area contributed by atoms with Crippen LogP contribution in [0, 0.1) is 11.7 Å². The van der Waals surface area contributed by atoms with E-state index >= 15 is 0 Å². The molecule has 0 radical (unpaired) electrons. The van der Waals surface area contributed by atoms with Crippen molar-refractivity contribution in [2.45, 2.75) is 19.4 Å². The number of nitrogens with one attached hydrogen (secondary N) is 2. The minimum atomic E-state index is -0.261. The van der Waals surface area contributed by atoms with E-state index in [-0.39, 0.29) is 23.5 Å². The molecule has 4 rings (SSSR count). The molecule has 2 amide bonds. The van der Waals surface area contributed by atoms with Gasteiger partial charge >= 0.3 is 0 Å². The molecule has 1 saturated carbocycles. The van der Waals surface area contributed by atoms with E-state index in [4.69, 9.17) is 0 Å². The van der Waals surface area contributed by atoms with Crippen LogP contribution in [-0.2, 0) is 16.1 Å². The molecule has 0 bridgehead atoms. The van der Waals surface area contributed by atoms with E-state index in [1.54, 1.807) is 24.3 Å². The second-order valence-corrected chi connectivity index (χ2v) is 8.31. The first-order valence-corrected chi connectivity index (χ1v) is 10.6. The molecule has 1 aliphatic carbocycles. The smallest absolute Gasteiger partial charge is 0.244 e. The fourth-order valence-corrected chi connectivity index (χ4v) is 3.94. The first-order valence-electron chi connectivity index (χ1n) is 9.79. The fourth-order valence-electron chi connectivity index (χ4n) is 3.00. The summed E-state index contributed by atoms with van der Waals surface area (Å²) < 4.78 is 13.9. The van der Waals surface area contributed by atoms with E-state index in [9.17, 15) is 14.0 Å². The summed E-state index contributed by atoms with van der Waals surface area (Å²) in [6, 6.07) is 17.8. The maximum atomic E-state index is 13.9. The van der Waals surface area contributed by atoms with Crippen LogP contribution in [-0.4, -0.2) is 11.8 Å². The van der Waals surface area contributed by atoms with Crippen LogP contribution in [0.2, 0.25) is 0 Å². The molecule has 0 aliphatic heterocycles. The predicted octanol–water partition coefficient (Wildman–Crippen LogP) is 5.23. The van der Waals surface area contributed by atoms with Gasteiger partial charge in [-0.15, -0.1) is 11.3 Å². The first kappa shape index (κ1) is 20.0. The standard InChI is InChI=1S/C24H21FN2O2S/c25-21-7-2-1-6-20(21)22-12-10-19(30-22)11-13-23(28)26-15-16-4-3-5-18(14-16)27-24(29)17-8-9-17/h1-7,10-14,17H,8-9,15H2,(H,26,28)(H,27,29)/b13-11+. The van der Waals surface area contributed by atoms with Crippen molar-refractivity contribution in [2.24, 2.45) is 5.92 Å². The molecule has 30 heavy (non-hydrogen) atoms. The van der Waals surface area contributed by atoms with Gasteiger partial charge in [-0.3, -0.25) is 9.59 Å². The topological polar surface area (TPSA) is 58.2 Å². The molecule has 0 spiro atoms. The van der Waals surface area contributed by atoms with Crippen LogP contribution in [0.3, 0.4) is 0 Å². The number of rotatable bonds is 7. The van der Waals surface area contributed by atoms with Crippen molar-refractivity contribution < 1.29 is 14.0 Å². The Morgan fingerprint density at radius 1 is 1.07 bits per heavy atom. The Kier molecular flexibility index (Phi) is 6.05. The van der Waals surface area contributed by atoms with Crippen molar-refractivity contribution >= 4 is 34.9 Å². The molecule has 1 fully saturated rings. The summed E-state index contributed by atoms with van der Waals surface area (Å²) in [7, 11) is 0. The number of benzene rings is 2. The molecule has 0 unspecified atom stereocenters. The van der Waals surface area contributed by atoms with Crippen LogP contribution in [0.25, 0.3) is 16.5 Å². The molecule has 2 N–H and O–H groups in total. The first-order chi connectivity index (χ1) is 14.6. The monoisotopic (exact) mass is 420 g/mol. The number of carbonyl (C=O) groups excluding carboxylic acids is 2. The molecule has 4 nitrogen and oxygen atoms in total. The number of amides is 2. The predicted molar refractivity (Wildman–Crippen MR) is 118 cm³/mol. The third kappa shape index (κ3) is 5.21. The van der Waals surface area contributed by atoms with Gasteiger partial charge in [0, 0.05) is 39.5 Å². The van der Waals surface area contributed by atoms with E-state index in [1.165, 1.54) is 23.5 Å². The summed E-state index contributed by atoms with van der Waals surface area (Å²) in [5, 5.41) is 5.75. The zero-order chi connectivity index (χ0) is 20.9. The van der Waals surface area contributed by atoms with Crippen molar-refractivity contribution in [2.75, 3.05) is 5.32 Å². The van der Waals surface area contributed by atoms with E-state index < -0.39 is 0 Å². The van der Waals surface area contributed by atoms with Crippen LogP contribution >= 0.6 is 11.3 Å². The number of carbonyl (C=O) groups is 2. The summed E-state index contributed by atoms with van der Waals surface area (Å²) in [6.45, 7) is 0.362. The summed E-state index contributed by atoms with van der Waals surface area (Å²) in [4.78, 5) is 25.7. The Morgan fingerprint density at radius 3 is 2.70 bits per heavy atom. The lowest BCUT2D eigenvalue weighted by molar-refractivity contribution is -0.117. The Labute approximate surface area is 178 Å². The molecular weight excluding hydrogens is 399 g/mol. The minimum absolute atomic E-state index is 0.0600. The Bertz CT molecular complexity index is 1100. The number of hydrogen-bond acceptors (Lipinski definition) is 3. The second-order valence-electron chi connectivity index (χ2n) is 7.20. The van der Waals surface area contributed by atoms with E-state index in [1.807, 2.05) is 36.4 Å². The van der Waals surface area contributed by atoms with Gasteiger partial charge in [0.1, 0.15) is 5.82 Å². The van der Waals surface area contributed by atoms with Crippen LogP contribution in [0.5, 0.6) is 0 Å². The van der Waals surface area contributed by atoms with Gasteiger partial charge in [0.05, 0.1) is 0 Å². The lowest BCUT2D eigenvalue weighted by Crippen LogP contribution is -2.20. The maximum absolute atomic E-state index is 13.9. The van der Waals surface area contributed by atoms with Crippen molar-refractivity contribution in [3.8, 4) is 10.4 Å². The molecule has 1 heterocycles. The quantitative estimate of drug-likeness (QED) is 0.514. The fraction of sp³-hybridized carbons (Fsp3) is 0.167. The minimum Gasteiger partial charge on any atom is -0.348 e. The molecule has 0 atom stereocenters. The van der Waals surface area contributed by atoms with Gasteiger partial charge in [0.25, 0.3) is 0 Å². The molecule has 2 aromatic carbocycles. The Balaban J connectivity index is 1.31. The Hall–Kier alpha value is -3.25. The second kappa shape index (κ2) is 9.05. The highest BCUT2D eigenvalue weighted by atomic mass is 32.1. The SMILES string of the molecule is O=C(/C=C/c1ccc(-c2ccccc2F)s1)NCc1cccc(NC(=O)C2CC2)c1. The molecule has 1 aromatic heterocycles. The van der Waals surface area contributed by atoms with Crippen LogP contribution in [0.15, 0.2) is 66.7 Å². The summed E-state index contributed by atoms with van der Waals surface area (Å²) in [6.07, 6.45) is 5.10. The summed E-state index contributed by atoms with van der Waals surface area (Å²) in [5.41, 5.74) is 2.21. The summed E-state index contributed by atoms with van der Waals surface area (Å²) >= 11 is 1.42. The molecule has 6 heteroatoms. The van der Waals surface area contributed by atoms with Gasteiger partial charge < -0.3 is 10.6 Å². The van der Waals surface area contributed by atoms with Crippen molar-refractivity contribution in [1.29, 1.82) is 0 Å². The van der Waals surface area contributed by atoms with Crippen LogP contribution < -0.4 is 10.6 Å². The van der Waals surface area contributed by atoms with Gasteiger partial charge in [0.15, 0.2) is 0 Å². The van der Waals surface area contributed by atoms with E-state index in [0.29, 0.717) is 12.1 Å². The normalized spacial score (nSPS) is 13.4. The maximum Gasteiger partial charge on any atom is 0.244 e. The van der Waals surface area contributed by atoms with Crippen molar-refractivity contribution in [3.63, 3.8) is 0 Å². The number of hydrogen-bond donors (Lipinski definition) is 2. The van der Waals surface area contributed by atoms with Gasteiger partial charge in [0.2, 0.25) is 11.8 Å². The van der Waals surface area contributed by atoms with E-state index in [2.05, 4.69) is 10.6 Å². The zero-order valence-electron chi connectivity index (χ0n) is 16.2. The van der Waals surface area contributed by atoms with E-state index in [0.717, 1.165) is 33.8 Å². The van der Waals surface area contributed by atoms with Crippen LogP contribution in [0.4, 0.5) is 10.1 Å². The largest absolute Gasteiger partial charge is 0.348 e. The molecule has 3 aromatic rings. The molecule has 152 valence electrons. The Morgan fingerprint density at radius 2 is 1.90 bits per heavy atom. The average Bonchev–Trinajstić information content (AvgIpc) is 3.50. The van der Waals surface area contributed by atoms with Crippen LogP contribution in [0.1, 0.15) is 23.3 Å². The van der Waals surface area contributed by atoms with Gasteiger partial charge in [-0.1, -0.05) is 30.3 Å². The lowest BCUT2D eigenvalue weighted by atomic mass is 10.2. The number of anilines is 1. The van der Waals surface area contributed by atoms with Gasteiger partial charge in [-0.2, -0.15) is 0 Å². The lowest BCUT2D eigenvalue weighted by Gasteiger charge is -2.07. The number of thiophene rings is 1. The highest BCUT2D eigenvalue weighted by Crippen LogP contribution is 2.31. The highest BCUT2D eigenvalue weighted by Gasteiger charge is 2.29. The number of halogens is 1. The third-order valence-corrected chi connectivity index (χ3v) is 5.86. The molecular formula is C24H21FN2O2S. The van der Waals surface area contributed by atoms with Crippen molar-refractivity contribution in [1.82, 2.24) is 5.32 Å². The average molecular weight is 421 g/mol. The molecule has 0 saturated heterocycles. The van der Waals surface area contributed by atoms with Crippen molar-refractivity contribution in [3.05, 3.63) is 83.0 Å². The van der Waals surface area contributed by atoms with Gasteiger partial charge in [-0.05, 0) is 54.8 Å².